The van der Waals surface area contributed by atoms with Gasteiger partial charge in [0.05, 0.1) is 9.90 Å². The van der Waals surface area contributed by atoms with Gasteiger partial charge in [-0.2, -0.15) is 5.26 Å². The third kappa shape index (κ3) is 4.62. The molecule has 0 radical (unpaired) electrons. The minimum Gasteiger partial charge on any atom is -0.390 e. The summed E-state index contributed by atoms with van der Waals surface area (Å²) in [5.74, 6) is -0.911. The van der Waals surface area contributed by atoms with Crippen LogP contribution in [0.25, 0.3) is 11.1 Å². The molecule has 0 aliphatic carbocycles. The smallest absolute Gasteiger partial charge is 0.266 e. The van der Waals surface area contributed by atoms with Gasteiger partial charge < -0.3 is 10.2 Å². The lowest BCUT2D eigenvalue weighted by Gasteiger charge is -2.04. The Labute approximate surface area is 176 Å². The third-order valence-corrected chi connectivity index (χ3v) is 5.66. The van der Waals surface area contributed by atoms with Crippen molar-refractivity contribution in [3.8, 4) is 17.2 Å². The number of nitriles is 1. The SMILES string of the molecule is Cc1c(C(=O)N/C=N\OCc2c(F)cccc2Cl)sc(C#N)c1-c1ccccc1. The highest BCUT2D eigenvalue weighted by Gasteiger charge is 2.20. The molecule has 3 rings (SSSR count). The molecule has 1 aromatic heterocycles. The second-order valence-corrected chi connectivity index (χ2v) is 7.35. The largest absolute Gasteiger partial charge is 0.390 e. The lowest BCUT2D eigenvalue weighted by molar-refractivity contribution is 0.0974. The van der Waals surface area contributed by atoms with E-state index in [2.05, 4.69) is 16.5 Å². The lowest BCUT2D eigenvalue weighted by atomic mass is 10.0. The topological polar surface area (TPSA) is 74.5 Å². The predicted octanol–water partition coefficient (Wildman–Crippen LogP) is 5.28. The van der Waals surface area contributed by atoms with E-state index in [9.17, 15) is 14.4 Å². The summed E-state index contributed by atoms with van der Waals surface area (Å²) in [5.41, 5.74) is 2.50. The quantitative estimate of drug-likeness (QED) is 0.330. The second-order valence-electron chi connectivity index (χ2n) is 5.92. The first kappa shape index (κ1) is 20.5. The van der Waals surface area contributed by atoms with Gasteiger partial charge in [-0.25, -0.2) is 4.39 Å². The van der Waals surface area contributed by atoms with Gasteiger partial charge in [-0.15, -0.1) is 11.3 Å². The molecule has 29 heavy (non-hydrogen) atoms. The fraction of sp³-hybridized carbons (Fsp3) is 0.0952. The van der Waals surface area contributed by atoms with Crippen LogP contribution in [0.5, 0.6) is 0 Å². The van der Waals surface area contributed by atoms with Gasteiger partial charge in [-0.05, 0) is 30.2 Å². The Bertz CT molecular complexity index is 1090. The number of amides is 1. The molecule has 1 heterocycles. The number of benzene rings is 2. The standard InChI is InChI=1S/C21H15ClFN3O2S/c1-13-19(14-6-3-2-4-7-14)18(10-24)29-20(13)21(27)25-12-26-28-11-15-16(22)8-5-9-17(15)23/h2-9,12H,11H2,1H3,(H,25,26,27). The van der Waals surface area contributed by atoms with E-state index in [0.717, 1.165) is 28.8 Å². The molecule has 0 saturated heterocycles. The van der Waals surface area contributed by atoms with Crippen LogP contribution in [0, 0.1) is 24.1 Å². The van der Waals surface area contributed by atoms with E-state index in [0.29, 0.717) is 15.3 Å². The number of hydrogen-bond acceptors (Lipinski definition) is 5. The molecule has 8 heteroatoms. The van der Waals surface area contributed by atoms with Crippen LogP contribution in [-0.2, 0) is 11.4 Å². The molecule has 146 valence electrons. The van der Waals surface area contributed by atoms with Crippen molar-refractivity contribution >= 4 is 35.2 Å². The van der Waals surface area contributed by atoms with Gasteiger partial charge in [0, 0.05) is 11.1 Å². The summed E-state index contributed by atoms with van der Waals surface area (Å²) in [6, 6.07) is 15.9. The number of carbonyl (C=O) groups is 1. The predicted molar refractivity (Wildman–Crippen MR) is 111 cm³/mol. The molecule has 0 aliphatic rings. The van der Waals surface area contributed by atoms with Crippen molar-refractivity contribution in [2.45, 2.75) is 13.5 Å². The van der Waals surface area contributed by atoms with Gasteiger partial charge >= 0.3 is 0 Å². The van der Waals surface area contributed by atoms with Gasteiger partial charge in [-0.3, -0.25) is 4.79 Å². The van der Waals surface area contributed by atoms with Gasteiger partial charge in [0.25, 0.3) is 5.91 Å². The van der Waals surface area contributed by atoms with Crippen LogP contribution in [0.3, 0.4) is 0 Å². The maximum absolute atomic E-state index is 13.7. The first-order chi connectivity index (χ1) is 14.0. The Morgan fingerprint density at radius 1 is 1.31 bits per heavy atom. The Hall–Kier alpha value is -3.21. The number of hydrogen-bond donors (Lipinski definition) is 1. The molecule has 2 aromatic carbocycles. The number of nitrogens with zero attached hydrogens (tertiary/aromatic N) is 2. The molecule has 3 aromatic rings. The Kier molecular flexibility index (Phi) is 6.60. The fourth-order valence-corrected chi connectivity index (χ4v) is 3.97. The zero-order chi connectivity index (χ0) is 20.8. The van der Waals surface area contributed by atoms with Crippen LogP contribution < -0.4 is 5.32 Å². The van der Waals surface area contributed by atoms with Gasteiger partial charge in [0.15, 0.2) is 0 Å². The normalized spacial score (nSPS) is 10.7. The van der Waals surface area contributed by atoms with Crippen LogP contribution in [0.15, 0.2) is 53.7 Å². The monoisotopic (exact) mass is 427 g/mol. The minimum atomic E-state index is -0.497. The summed E-state index contributed by atoms with van der Waals surface area (Å²) in [5, 5.41) is 15.8. The summed E-state index contributed by atoms with van der Waals surface area (Å²) in [4.78, 5) is 18.3. The molecular weight excluding hydrogens is 413 g/mol. The average molecular weight is 428 g/mol. The average Bonchev–Trinajstić information content (AvgIpc) is 3.06. The van der Waals surface area contributed by atoms with E-state index >= 15 is 0 Å². The van der Waals surface area contributed by atoms with Crippen molar-refractivity contribution in [2.24, 2.45) is 5.16 Å². The molecule has 0 atom stereocenters. The zero-order valence-electron chi connectivity index (χ0n) is 15.3. The summed E-state index contributed by atoms with van der Waals surface area (Å²) in [7, 11) is 0. The molecule has 0 aliphatic heterocycles. The zero-order valence-corrected chi connectivity index (χ0v) is 16.9. The number of nitrogens with one attached hydrogen (secondary N) is 1. The molecule has 0 unspecified atom stereocenters. The van der Waals surface area contributed by atoms with Crippen LogP contribution >= 0.6 is 22.9 Å². The van der Waals surface area contributed by atoms with E-state index in [1.807, 2.05) is 30.3 Å². The van der Waals surface area contributed by atoms with Crippen LogP contribution in [0.4, 0.5) is 4.39 Å². The van der Waals surface area contributed by atoms with Gasteiger partial charge in [-0.1, -0.05) is 53.2 Å². The van der Waals surface area contributed by atoms with Crippen molar-refractivity contribution in [2.75, 3.05) is 0 Å². The number of rotatable bonds is 6. The van der Waals surface area contributed by atoms with Crippen molar-refractivity contribution < 1.29 is 14.0 Å². The van der Waals surface area contributed by atoms with Crippen LogP contribution in [-0.4, -0.2) is 12.2 Å². The highest BCUT2D eigenvalue weighted by Crippen LogP contribution is 2.35. The van der Waals surface area contributed by atoms with E-state index < -0.39 is 11.7 Å². The maximum Gasteiger partial charge on any atom is 0.266 e. The Balaban J connectivity index is 1.68. The van der Waals surface area contributed by atoms with E-state index in [4.69, 9.17) is 16.4 Å². The Morgan fingerprint density at radius 3 is 2.76 bits per heavy atom. The van der Waals surface area contributed by atoms with Crippen molar-refractivity contribution in [3.05, 3.63) is 80.3 Å². The molecule has 0 bridgehead atoms. The molecule has 0 spiro atoms. The van der Waals surface area contributed by atoms with E-state index in [1.165, 1.54) is 12.1 Å². The fourth-order valence-electron chi connectivity index (χ4n) is 2.72. The van der Waals surface area contributed by atoms with Crippen LogP contribution in [0.2, 0.25) is 5.02 Å². The Morgan fingerprint density at radius 2 is 2.07 bits per heavy atom. The summed E-state index contributed by atoms with van der Waals surface area (Å²) in [6.45, 7) is 1.62. The first-order valence-corrected chi connectivity index (χ1v) is 9.68. The number of thiophene rings is 1. The van der Waals surface area contributed by atoms with Crippen molar-refractivity contribution in [3.63, 3.8) is 0 Å². The number of carbonyl (C=O) groups excluding carboxylic acids is 1. The van der Waals surface area contributed by atoms with E-state index in [-0.39, 0.29) is 17.2 Å². The lowest BCUT2D eigenvalue weighted by Crippen LogP contribution is -2.21. The molecule has 1 N–H and O–H groups in total. The van der Waals surface area contributed by atoms with Gasteiger partial charge in [0.1, 0.15) is 29.7 Å². The maximum atomic E-state index is 13.7. The molecule has 1 amide bonds. The first-order valence-electron chi connectivity index (χ1n) is 8.49. The minimum absolute atomic E-state index is 0.174. The van der Waals surface area contributed by atoms with Gasteiger partial charge in [0.2, 0.25) is 0 Å². The highest BCUT2D eigenvalue weighted by molar-refractivity contribution is 7.15. The number of oxime groups is 1. The van der Waals surface area contributed by atoms with Crippen LogP contribution in [0.1, 0.15) is 25.7 Å². The highest BCUT2D eigenvalue weighted by atomic mass is 35.5. The third-order valence-electron chi connectivity index (χ3n) is 4.11. The summed E-state index contributed by atoms with van der Waals surface area (Å²) < 4.78 is 13.7. The molecule has 0 saturated carbocycles. The summed E-state index contributed by atoms with van der Waals surface area (Å²) in [6.07, 6.45) is 1.07. The molecule has 0 fully saturated rings. The summed E-state index contributed by atoms with van der Waals surface area (Å²) >= 11 is 7.02. The van der Waals surface area contributed by atoms with E-state index in [1.54, 1.807) is 13.0 Å². The molecular formula is C21H15ClFN3O2S. The second kappa shape index (κ2) is 9.32. The van der Waals surface area contributed by atoms with Crippen molar-refractivity contribution in [1.29, 1.82) is 5.26 Å². The number of halogens is 2. The molecule has 5 nitrogen and oxygen atoms in total. The van der Waals surface area contributed by atoms with Crippen molar-refractivity contribution in [1.82, 2.24) is 5.32 Å².